The molecule has 0 saturated carbocycles. The number of ether oxygens (including phenoxy) is 1. The molecule has 0 bridgehead atoms. The molecule has 1 aliphatic heterocycles. The molecule has 41 heavy (non-hydrogen) atoms. The summed E-state index contributed by atoms with van der Waals surface area (Å²) in [5, 5.41) is 12.5. The van der Waals surface area contributed by atoms with Crippen molar-refractivity contribution in [3.8, 4) is 11.5 Å². The maximum absolute atomic E-state index is 15.3. The minimum Gasteiger partial charge on any atom is -0.478 e. The minimum absolute atomic E-state index is 0.186. The number of aromatic carboxylic acids is 1. The zero-order chi connectivity index (χ0) is 29.1. The summed E-state index contributed by atoms with van der Waals surface area (Å²) in [5.74, 6) is -3.33. The van der Waals surface area contributed by atoms with Crippen molar-refractivity contribution in [3.05, 3.63) is 105 Å². The van der Waals surface area contributed by atoms with Crippen LogP contribution in [0.2, 0.25) is 0 Å². The number of aryl methyl sites for hydroxylation is 1. The average molecular weight is 670 g/mol. The summed E-state index contributed by atoms with van der Waals surface area (Å²) >= 11 is 2.11. The van der Waals surface area contributed by atoms with Crippen molar-refractivity contribution in [1.29, 1.82) is 0 Å². The van der Waals surface area contributed by atoms with Crippen molar-refractivity contribution in [1.82, 2.24) is 9.88 Å². The standard InChI is InChI=1S/C30H25F2IN4O4/c1-18-16-19(33)9-10-23(18)35-27-22(30(39)40)17-21(25(31)26(27)32)29(38)37-14-12-36(13-15-37)28-24(8-5-11-34-28)41-20-6-3-2-4-7-20/h2-11,16-17,35H,12-15H2,1H3,(H,39,40). The number of hydrogen-bond donors (Lipinski definition) is 2. The summed E-state index contributed by atoms with van der Waals surface area (Å²) in [4.78, 5) is 33.1. The normalized spacial score (nSPS) is 13.2. The third-order valence-corrected chi connectivity index (χ3v) is 7.37. The number of rotatable bonds is 7. The van der Waals surface area contributed by atoms with E-state index in [0.29, 0.717) is 36.1 Å². The Morgan fingerprint density at radius 1 is 0.951 bits per heavy atom. The van der Waals surface area contributed by atoms with Crippen LogP contribution in [0.4, 0.5) is 26.0 Å². The minimum atomic E-state index is -1.49. The fraction of sp³-hybridized carbons (Fsp3) is 0.167. The highest BCUT2D eigenvalue weighted by Crippen LogP contribution is 2.33. The number of piperazine rings is 1. The molecule has 1 aromatic heterocycles. The predicted octanol–water partition coefficient (Wildman–Crippen LogP) is 6.47. The molecular formula is C30H25F2IN4O4. The van der Waals surface area contributed by atoms with Crippen molar-refractivity contribution >= 4 is 51.7 Å². The second kappa shape index (κ2) is 12.1. The van der Waals surface area contributed by atoms with Gasteiger partial charge in [-0.3, -0.25) is 4.79 Å². The summed E-state index contributed by atoms with van der Waals surface area (Å²) in [5.41, 5.74) is -0.575. The lowest BCUT2D eigenvalue weighted by Gasteiger charge is -2.36. The lowest BCUT2D eigenvalue weighted by Crippen LogP contribution is -2.49. The first-order valence-corrected chi connectivity index (χ1v) is 13.8. The fourth-order valence-electron chi connectivity index (χ4n) is 4.58. The second-order valence-corrected chi connectivity index (χ2v) is 10.6. The third kappa shape index (κ3) is 6.09. The maximum atomic E-state index is 15.3. The predicted molar refractivity (Wildman–Crippen MR) is 159 cm³/mol. The lowest BCUT2D eigenvalue weighted by atomic mass is 10.0. The van der Waals surface area contributed by atoms with Crippen LogP contribution >= 0.6 is 22.6 Å². The molecule has 0 unspecified atom stereocenters. The van der Waals surface area contributed by atoms with E-state index in [1.54, 1.807) is 37.4 Å². The summed E-state index contributed by atoms with van der Waals surface area (Å²) < 4.78 is 37.5. The number of pyridine rings is 1. The van der Waals surface area contributed by atoms with Gasteiger partial charge in [-0.15, -0.1) is 0 Å². The van der Waals surface area contributed by atoms with Crippen LogP contribution in [0.15, 0.2) is 72.9 Å². The summed E-state index contributed by atoms with van der Waals surface area (Å²) in [6.07, 6.45) is 1.64. The fourth-order valence-corrected chi connectivity index (χ4v) is 5.23. The van der Waals surface area contributed by atoms with Crippen LogP contribution in [0.5, 0.6) is 11.5 Å². The second-order valence-electron chi connectivity index (χ2n) is 9.38. The van der Waals surface area contributed by atoms with E-state index in [-0.39, 0.29) is 13.1 Å². The highest BCUT2D eigenvalue weighted by atomic mass is 127. The highest BCUT2D eigenvalue weighted by Gasteiger charge is 2.31. The van der Waals surface area contributed by atoms with Gasteiger partial charge in [0.2, 0.25) is 0 Å². The zero-order valence-corrected chi connectivity index (χ0v) is 24.1. The number of nitrogens with one attached hydrogen (secondary N) is 1. The van der Waals surface area contributed by atoms with Gasteiger partial charge in [-0.1, -0.05) is 18.2 Å². The number of carboxylic acid groups (broad SMARTS) is 1. The molecule has 2 heterocycles. The zero-order valence-electron chi connectivity index (χ0n) is 21.9. The molecule has 0 atom stereocenters. The molecule has 2 N–H and O–H groups in total. The molecule has 1 saturated heterocycles. The van der Waals surface area contributed by atoms with E-state index >= 15 is 8.78 Å². The summed E-state index contributed by atoms with van der Waals surface area (Å²) in [6.45, 7) is 2.85. The van der Waals surface area contributed by atoms with Crippen LogP contribution in [0.3, 0.4) is 0 Å². The Morgan fingerprint density at radius 3 is 2.37 bits per heavy atom. The number of benzene rings is 3. The Morgan fingerprint density at radius 2 is 1.68 bits per heavy atom. The SMILES string of the molecule is Cc1cc(I)ccc1Nc1c(C(=O)O)cc(C(=O)N2CCN(c3ncccc3Oc3ccccc3)CC2)c(F)c1F. The van der Waals surface area contributed by atoms with Crippen molar-refractivity contribution in [2.24, 2.45) is 0 Å². The third-order valence-electron chi connectivity index (χ3n) is 6.70. The van der Waals surface area contributed by atoms with Gasteiger partial charge < -0.3 is 25.0 Å². The molecule has 210 valence electrons. The van der Waals surface area contributed by atoms with Crippen LogP contribution in [0.1, 0.15) is 26.3 Å². The van der Waals surface area contributed by atoms with Crippen LogP contribution in [0, 0.1) is 22.1 Å². The number of aromatic nitrogens is 1. The number of carbonyl (C=O) groups excluding carboxylic acids is 1. The van der Waals surface area contributed by atoms with E-state index in [1.807, 2.05) is 41.3 Å². The van der Waals surface area contributed by atoms with Crippen molar-refractivity contribution in [2.45, 2.75) is 6.92 Å². The summed E-state index contributed by atoms with van der Waals surface area (Å²) in [7, 11) is 0. The van der Waals surface area contributed by atoms with Gasteiger partial charge in [-0.2, -0.15) is 0 Å². The van der Waals surface area contributed by atoms with Gasteiger partial charge in [-0.05, 0) is 83.6 Å². The Bertz CT molecular complexity index is 1610. The molecule has 5 rings (SSSR count). The van der Waals surface area contributed by atoms with Crippen LogP contribution < -0.4 is 15.0 Å². The van der Waals surface area contributed by atoms with E-state index in [0.717, 1.165) is 15.2 Å². The molecule has 0 aliphatic carbocycles. The lowest BCUT2D eigenvalue weighted by molar-refractivity contribution is 0.0697. The van der Waals surface area contributed by atoms with Crippen LogP contribution in [-0.2, 0) is 0 Å². The number of anilines is 3. The topological polar surface area (TPSA) is 95.0 Å². The molecule has 8 nitrogen and oxygen atoms in total. The number of hydrogen-bond acceptors (Lipinski definition) is 6. The van der Waals surface area contributed by atoms with E-state index in [9.17, 15) is 14.7 Å². The monoisotopic (exact) mass is 670 g/mol. The summed E-state index contributed by atoms with van der Waals surface area (Å²) in [6, 6.07) is 18.9. The molecule has 1 amide bonds. The van der Waals surface area contributed by atoms with Gasteiger partial charge in [0.1, 0.15) is 5.75 Å². The number of para-hydroxylation sites is 1. The van der Waals surface area contributed by atoms with E-state index in [4.69, 9.17) is 4.74 Å². The first-order chi connectivity index (χ1) is 19.7. The number of nitrogens with zero attached hydrogens (tertiary/aromatic N) is 3. The number of carboxylic acids is 1. The van der Waals surface area contributed by atoms with Gasteiger partial charge in [0.05, 0.1) is 16.8 Å². The van der Waals surface area contributed by atoms with Crippen molar-refractivity contribution in [3.63, 3.8) is 0 Å². The molecule has 4 aromatic rings. The van der Waals surface area contributed by atoms with Gasteiger partial charge in [0, 0.05) is 41.6 Å². The Kier molecular flexibility index (Phi) is 8.34. The molecule has 0 spiro atoms. The molecule has 3 aromatic carbocycles. The smallest absolute Gasteiger partial charge is 0.337 e. The quantitative estimate of drug-likeness (QED) is 0.218. The Balaban J connectivity index is 1.35. The van der Waals surface area contributed by atoms with Crippen LogP contribution in [-0.4, -0.2) is 53.0 Å². The Hall–Kier alpha value is -4.26. The van der Waals surface area contributed by atoms with Gasteiger partial charge in [0.25, 0.3) is 5.91 Å². The molecular weight excluding hydrogens is 645 g/mol. The highest BCUT2D eigenvalue weighted by molar-refractivity contribution is 14.1. The largest absolute Gasteiger partial charge is 0.478 e. The molecule has 1 fully saturated rings. The Labute approximate surface area is 248 Å². The molecule has 0 radical (unpaired) electrons. The van der Waals surface area contributed by atoms with E-state index in [2.05, 4.69) is 32.9 Å². The maximum Gasteiger partial charge on any atom is 0.337 e. The van der Waals surface area contributed by atoms with Crippen molar-refractivity contribution < 1.29 is 28.2 Å². The van der Waals surface area contributed by atoms with Gasteiger partial charge >= 0.3 is 5.97 Å². The van der Waals surface area contributed by atoms with E-state index in [1.165, 1.54) is 4.90 Å². The van der Waals surface area contributed by atoms with Gasteiger partial charge in [0.15, 0.2) is 23.2 Å². The number of carbonyl (C=O) groups is 2. The van der Waals surface area contributed by atoms with Gasteiger partial charge in [-0.25, -0.2) is 18.6 Å². The average Bonchev–Trinajstić information content (AvgIpc) is 2.97. The van der Waals surface area contributed by atoms with Crippen molar-refractivity contribution in [2.75, 3.05) is 36.4 Å². The first kappa shape index (κ1) is 28.3. The van der Waals surface area contributed by atoms with Crippen LogP contribution in [0.25, 0.3) is 0 Å². The van der Waals surface area contributed by atoms with E-state index < -0.39 is 40.3 Å². The molecule has 11 heteroatoms. The number of halogens is 3. The molecule has 1 aliphatic rings. The number of amides is 1. The first-order valence-electron chi connectivity index (χ1n) is 12.7.